The van der Waals surface area contributed by atoms with E-state index in [0.29, 0.717) is 89.1 Å². The number of benzene rings is 7. The third-order valence-corrected chi connectivity index (χ3v) is 23.9. The summed E-state index contributed by atoms with van der Waals surface area (Å²) in [5.41, 5.74) is 17.1. The molecule has 25 nitrogen and oxygen atoms in total. The van der Waals surface area contributed by atoms with E-state index in [1.807, 2.05) is 108 Å². The SMILES string of the molecule is CC.CCO[C@H]1C[C@@H](C2=Nc3ccc4cc5c(cc4c3C2)OCc2cc(-c3cnc(C4CCCC4)[nH]3)ccc2-5)N(C(=O)[C@@H](NC(=O)OC)C(C)C)C1.CCO[C@H]1C[C@@H](C2=Nc3ccc4cc5c(cc4c3C2)OCc2cc(-c3cnc([C@@H]4CCCN4C(=O)[C@H](NC(=O)OC)c4ccccc4)[nH]3)ccc2-5)N(C(=O)[C@@H](NC(=O)OC)C(C)C)C1. The summed E-state index contributed by atoms with van der Waals surface area (Å²) >= 11 is 0. The Morgan fingerprint density at radius 2 is 0.991 bits per heavy atom. The van der Waals surface area contributed by atoms with Crippen LogP contribution in [-0.2, 0) is 64.1 Å². The number of carbonyl (C=O) groups is 6. The molecule has 2 aromatic heterocycles. The predicted octanol–water partition coefficient (Wildman–Crippen LogP) is 16.1. The number of H-pyrrole nitrogens is 2. The first kappa shape index (κ1) is 79.8. The van der Waals surface area contributed by atoms with Gasteiger partial charge in [0.2, 0.25) is 11.8 Å². The van der Waals surface area contributed by atoms with Gasteiger partial charge in [-0.3, -0.25) is 24.4 Å². The van der Waals surface area contributed by atoms with Crippen molar-refractivity contribution in [2.45, 2.75) is 187 Å². The van der Waals surface area contributed by atoms with Crippen LogP contribution in [0.3, 0.4) is 0 Å². The summed E-state index contributed by atoms with van der Waals surface area (Å²) in [7, 11) is 3.88. The van der Waals surface area contributed by atoms with Gasteiger partial charge in [-0.25, -0.2) is 24.4 Å². The quantitative estimate of drug-likeness (QED) is 0.0470. The second-order valence-corrected chi connectivity index (χ2v) is 31.5. The Morgan fingerprint density at radius 1 is 0.517 bits per heavy atom. The van der Waals surface area contributed by atoms with Crippen molar-refractivity contribution >= 4 is 80.3 Å². The number of aromatic nitrogens is 4. The molecule has 0 radical (unpaired) electrons. The lowest BCUT2D eigenvalue weighted by atomic mass is 9.90. The van der Waals surface area contributed by atoms with Gasteiger partial charge in [-0.1, -0.05) is 121 Å². The Morgan fingerprint density at radius 3 is 1.47 bits per heavy atom. The molecule has 7 aliphatic heterocycles. The molecule has 0 bridgehead atoms. The molecule has 9 aromatic rings. The summed E-state index contributed by atoms with van der Waals surface area (Å²) < 4.78 is 39.5. The first-order valence-corrected chi connectivity index (χ1v) is 41.1. The topological polar surface area (TPSA) is 295 Å². The Labute approximate surface area is 676 Å². The summed E-state index contributed by atoms with van der Waals surface area (Å²) in [5, 5.41) is 12.6. The van der Waals surface area contributed by atoms with E-state index in [0.717, 1.165) is 136 Å². The lowest BCUT2D eigenvalue weighted by Gasteiger charge is -2.30. The Hall–Kier alpha value is -11.4. The van der Waals surface area contributed by atoms with E-state index in [4.69, 9.17) is 53.1 Å². The van der Waals surface area contributed by atoms with Crippen molar-refractivity contribution in [3.8, 4) is 56.3 Å². The molecule has 5 N–H and O–H groups in total. The number of imidazole rings is 2. The van der Waals surface area contributed by atoms with Crippen LogP contribution in [0.4, 0.5) is 25.8 Å². The molecule has 8 atom stereocenters. The second kappa shape index (κ2) is 34.6. The highest BCUT2D eigenvalue weighted by molar-refractivity contribution is 6.09. The summed E-state index contributed by atoms with van der Waals surface area (Å²) in [4.78, 5) is 111. The minimum atomic E-state index is -0.896. The fourth-order valence-corrected chi connectivity index (χ4v) is 18.1. The Kier molecular flexibility index (Phi) is 23.8. The van der Waals surface area contributed by atoms with E-state index in [1.165, 1.54) is 52.6 Å². The van der Waals surface area contributed by atoms with E-state index < -0.39 is 36.4 Å². The normalized spacial score (nSPS) is 19.6. The second-order valence-electron chi connectivity index (χ2n) is 31.5. The summed E-state index contributed by atoms with van der Waals surface area (Å²) in [6.07, 6.45) is 10.6. The molecule has 8 aliphatic rings. The number of alkyl carbamates (subject to hydrolysis) is 3. The summed E-state index contributed by atoms with van der Waals surface area (Å²) in [6, 6.07) is 36.0. The molecule has 4 fully saturated rings. The number of hydrogen-bond acceptors (Lipinski definition) is 17. The van der Waals surface area contributed by atoms with Crippen LogP contribution in [0.1, 0.15) is 164 Å². The third kappa shape index (κ3) is 15.9. The fourth-order valence-electron chi connectivity index (χ4n) is 18.1. The maximum Gasteiger partial charge on any atom is 0.407 e. The monoisotopic (exact) mass is 1570 g/mol. The number of hydrogen-bond donors (Lipinski definition) is 5. The molecule has 0 spiro atoms. The number of carbonyl (C=O) groups excluding carboxylic acids is 6. The van der Waals surface area contributed by atoms with E-state index in [9.17, 15) is 28.8 Å². The van der Waals surface area contributed by atoms with Crippen LogP contribution in [0.5, 0.6) is 11.5 Å². The highest BCUT2D eigenvalue weighted by Gasteiger charge is 2.46. The van der Waals surface area contributed by atoms with Crippen molar-refractivity contribution < 1.29 is 61.9 Å². The van der Waals surface area contributed by atoms with Gasteiger partial charge in [-0.2, -0.15) is 0 Å². The molecule has 0 unspecified atom stereocenters. The van der Waals surface area contributed by atoms with Gasteiger partial charge in [-0.15, -0.1) is 0 Å². The van der Waals surface area contributed by atoms with Crippen LogP contribution < -0.4 is 25.4 Å². The molecule has 606 valence electrons. The standard InChI is InChI=1S/C49H53N7O8.C40H45N5O5.C2H6/c1-6-63-32-21-41(56(25-32)46(57)43(27(2)3)53-48(59)61-4)38-22-35-34-23-42-36(20-29(34)15-17-37(35)51-38)33-16-14-30(19-31(33)26-64-42)39-24-50-45(52-39)40-13-10-18-55(40)47(58)44(54-49(60)62-5)28-11-8-7-9-12-28;1-5-49-27-16-35(45(20-27)39(46)37(22(2)3)44-40(47)48-4)33-17-30-29-18-36-31(15-24(29)11-13-32(30)42-33)28-12-10-25(14-26(28)21-50-36)34-19-41-38(43-34)23-8-6-7-9-23;1-2/h7-9,11-12,14-17,19-20,23-24,27,32,40-41,43-44H,6,10,13,18,21-22,25-26H2,1-5H3,(H,50,52)(H,53,59)(H,54,60);10-15,18-19,22-23,27,35,37H,5-9,16-17,20-21H2,1-4H3,(H,41,43)(H,44,47);1-2H3/t32-,40-,41-,43-,44+;27-,35-,37-;/m00./s1. The van der Waals surface area contributed by atoms with Gasteiger partial charge >= 0.3 is 18.3 Å². The van der Waals surface area contributed by atoms with Gasteiger partial charge < -0.3 is 73.8 Å². The van der Waals surface area contributed by atoms with Crippen LogP contribution in [0.2, 0.25) is 0 Å². The smallest absolute Gasteiger partial charge is 0.407 e. The van der Waals surface area contributed by atoms with Gasteiger partial charge in [0.05, 0.1) is 86.8 Å². The average Bonchev–Trinajstić information content (AvgIpc) is 1.42. The molecule has 6 amide bonds. The Bertz CT molecular complexity index is 5280. The molecule has 3 saturated heterocycles. The van der Waals surface area contributed by atoms with Crippen molar-refractivity contribution in [1.29, 1.82) is 0 Å². The average molecular weight is 1570 g/mol. The number of nitrogens with zero attached hydrogens (tertiary/aromatic N) is 7. The lowest BCUT2D eigenvalue weighted by molar-refractivity contribution is -0.135. The Balaban J connectivity index is 0.000000183. The maximum absolute atomic E-state index is 14.1. The third-order valence-electron chi connectivity index (χ3n) is 23.9. The molecule has 9 heterocycles. The molecule has 25 heteroatoms. The van der Waals surface area contributed by atoms with Crippen LogP contribution in [-0.4, -0.2) is 173 Å². The van der Waals surface area contributed by atoms with Crippen LogP contribution in [0.25, 0.3) is 66.3 Å². The number of amides is 6. The van der Waals surface area contributed by atoms with Crippen molar-refractivity contribution in [3.05, 3.63) is 167 Å². The van der Waals surface area contributed by atoms with E-state index in [1.54, 1.807) is 11.1 Å². The zero-order valence-electron chi connectivity index (χ0n) is 67.9. The van der Waals surface area contributed by atoms with Crippen LogP contribution in [0.15, 0.2) is 138 Å². The van der Waals surface area contributed by atoms with E-state index in [-0.39, 0.29) is 59.9 Å². The molecular formula is C91H104N12O13. The largest absolute Gasteiger partial charge is 0.488 e. The highest BCUT2D eigenvalue weighted by Crippen LogP contribution is 2.48. The zero-order valence-corrected chi connectivity index (χ0v) is 67.9. The van der Waals surface area contributed by atoms with E-state index in [2.05, 4.69) is 105 Å². The molecule has 116 heavy (non-hydrogen) atoms. The summed E-state index contributed by atoms with van der Waals surface area (Å²) in [5.74, 6) is 3.19. The number of fused-ring (bicyclic) bond motifs is 12. The van der Waals surface area contributed by atoms with Gasteiger partial charge in [0.1, 0.15) is 54.5 Å². The number of likely N-dealkylation sites (tertiary alicyclic amines) is 3. The number of methoxy groups -OCH3 is 3. The number of aromatic amines is 2. The van der Waals surface area contributed by atoms with Crippen LogP contribution >= 0.6 is 0 Å². The van der Waals surface area contributed by atoms with Crippen LogP contribution in [0, 0.1) is 11.8 Å². The number of rotatable bonds is 19. The first-order valence-electron chi connectivity index (χ1n) is 41.1. The van der Waals surface area contributed by atoms with E-state index >= 15 is 0 Å². The lowest BCUT2D eigenvalue weighted by Crippen LogP contribution is -2.54. The molecule has 1 aliphatic carbocycles. The maximum atomic E-state index is 14.1. The predicted molar refractivity (Wildman–Crippen MR) is 445 cm³/mol. The van der Waals surface area contributed by atoms with Crippen molar-refractivity contribution in [3.63, 3.8) is 0 Å². The fraction of sp³-hybridized carbons (Fsp3) is 0.429. The minimum absolute atomic E-state index is 0.105. The van der Waals surface area contributed by atoms with Gasteiger partial charge in [0.25, 0.3) is 5.91 Å². The number of nitrogens with one attached hydrogen (secondary N) is 5. The number of aliphatic imine (C=N–C) groups is 2. The van der Waals surface area contributed by atoms with Gasteiger partial charge in [0, 0.05) is 87.0 Å². The van der Waals surface area contributed by atoms with Crippen molar-refractivity contribution in [1.82, 2.24) is 50.6 Å². The van der Waals surface area contributed by atoms with Gasteiger partial charge in [0.15, 0.2) is 0 Å². The number of ether oxygens (including phenoxy) is 7. The minimum Gasteiger partial charge on any atom is -0.488 e. The molecule has 17 rings (SSSR count). The highest BCUT2D eigenvalue weighted by atomic mass is 16.5. The molecule has 1 saturated carbocycles. The van der Waals surface area contributed by atoms with Crippen molar-refractivity contribution in [2.24, 2.45) is 21.8 Å². The van der Waals surface area contributed by atoms with Crippen molar-refractivity contribution in [2.75, 3.05) is 54.2 Å². The zero-order chi connectivity index (χ0) is 81.2. The van der Waals surface area contributed by atoms with Gasteiger partial charge in [-0.05, 0) is 172 Å². The molecular weight excluding hydrogens is 1470 g/mol. The first-order chi connectivity index (χ1) is 56.3. The summed E-state index contributed by atoms with van der Waals surface area (Å²) in [6.45, 7) is 18.9. The molecule has 7 aromatic carbocycles.